The highest BCUT2D eigenvalue weighted by Crippen LogP contribution is 2.37. The number of carboxylic acids is 1. The smallest absolute Gasteiger partial charge is 0.345 e. The van der Waals surface area contributed by atoms with Crippen LogP contribution in [0.3, 0.4) is 0 Å². The van der Waals surface area contributed by atoms with E-state index in [-0.39, 0.29) is 0 Å². The monoisotopic (exact) mass is 274 g/mol. The van der Waals surface area contributed by atoms with E-state index in [9.17, 15) is 4.79 Å². The quantitative estimate of drug-likeness (QED) is 0.865. The first kappa shape index (κ1) is 13.8. The Morgan fingerprint density at radius 2 is 1.37 bits per heavy atom. The van der Waals surface area contributed by atoms with Gasteiger partial charge in [0.05, 0.1) is 0 Å². The van der Waals surface area contributed by atoms with E-state index in [2.05, 4.69) is 34.6 Å². The van der Waals surface area contributed by atoms with Crippen LogP contribution in [-0.4, -0.2) is 11.1 Å². The minimum Gasteiger partial charge on any atom is -0.477 e. The zero-order valence-electron chi connectivity index (χ0n) is 11.9. The molecule has 0 saturated carbocycles. The topological polar surface area (TPSA) is 37.3 Å². The Morgan fingerprint density at radius 1 is 0.895 bits per heavy atom. The zero-order chi connectivity index (χ0) is 14.3. The highest BCUT2D eigenvalue weighted by molar-refractivity contribution is 7.17. The Bertz CT molecular complexity index is 637. The summed E-state index contributed by atoms with van der Waals surface area (Å²) < 4.78 is 0. The number of rotatable bonds is 2. The number of benzene rings is 1. The van der Waals surface area contributed by atoms with Gasteiger partial charge in [-0.3, -0.25) is 0 Å². The lowest BCUT2D eigenvalue weighted by molar-refractivity contribution is 0.0702. The maximum atomic E-state index is 11.0. The van der Waals surface area contributed by atoms with Gasteiger partial charge < -0.3 is 5.11 Å². The SMILES string of the molecule is Cc1c(C)c(C)c(-c2ccc(C(=O)O)s2)c(C)c1C. The van der Waals surface area contributed by atoms with Gasteiger partial charge in [-0.1, -0.05) is 0 Å². The van der Waals surface area contributed by atoms with Crippen LogP contribution in [0.5, 0.6) is 0 Å². The molecule has 0 amide bonds. The van der Waals surface area contributed by atoms with Crippen LogP contribution in [0.2, 0.25) is 0 Å². The van der Waals surface area contributed by atoms with Crippen LogP contribution in [0.15, 0.2) is 12.1 Å². The highest BCUT2D eigenvalue weighted by atomic mass is 32.1. The van der Waals surface area contributed by atoms with Crippen molar-refractivity contribution in [1.29, 1.82) is 0 Å². The Labute approximate surface area is 117 Å². The summed E-state index contributed by atoms with van der Waals surface area (Å²) in [6.07, 6.45) is 0. The van der Waals surface area contributed by atoms with Gasteiger partial charge in [0.1, 0.15) is 4.88 Å². The normalized spacial score (nSPS) is 10.8. The third-order valence-corrected chi connectivity index (χ3v) is 5.15. The second kappa shape index (κ2) is 4.82. The Kier molecular flexibility index (Phi) is 3.50. The number of carbonyl (C=O) groups is 1. The molecule has 2 nitrogen and oxygen atoms in total. The van der Waals surface area contributed by atoms with Crippen LogP contribution in [0.4, 0.5) is 0 Å². The molecule has 0 bridgehead atoms. The summed E-state index contributed by atoms with van der Waals surface area (Å²) in [4.78, 5) is 12.4. The largest absolute Gasteiger partial charge is 0.477 e. The van der Waals surface area contributed by atoms with Gasteiger partial charge in [0, 0.05) is 4.88 Å². The molecule has 1 N–H and O–H groups in total. The molecule has 0 aliphatic carbocycles. The van der Waals surface area contributed by atoms with Gasteiger partial charge in [-0.15, -0.1) is 11.3 Å². The highest BCUT2D eigenvalue weighted by Gasteiger charge is 2.16. The molecule has 1 aromatic carbocycles. The van der Waals surface area contributed by atoms with E-state index in [1.807, 2.05) is 6.07 Å². The van der Waals surface area contributed by atoms with Crippen LogP contribution < -0.4 is 0 Å². The molecular weight excluding hydrogens is 256 g/mol. The van der Waals surface area contributed by atoms with Crippen molar-refractivity contribution in [1.82, 2.24) is 0 Å². The summed E-state index contributed by atoms with van der Waals surface area (Å²) in [6.45, 7) is 10.6. The Hall–Kier alpha value is -1.61. The molecule has 1 aromatic heterocycles. The first-order valence-corrected chi connectivity index (χ1v) is 7.06. The average Bonchev–Trinajstić information content (AvgIpc) is 2.84. The van der Waals surface area contributed by atoms with E-state index in [0.717, 1.165) is 4.88 Å². The van der Waals surface area contributed by atoms with E-state index < -0.39 is 5.97 Å². The van der Waals surface area contributed by atoms with Gasteiger partial charge in [-0.25, -0.2) is 4.79 Å². The Morgan fingerprint density at radius 3 is 1.79 bits per heavy atom. The molecule has 2 aromatic rings. The number of aromatic carboxylic acids is 1. The van der Waals surface area contributed by atoms with Crippen molar-refractivity contribution in [2.24, 2.45) is 0 Å². The summed E-state index contributed by atoms with van der Waals surface area (Å²) in [5, 5.41) is 9.05. The summed E-state index contributed by atoms with van der Waals surface area (Å²) in [7, 11) is 0. The van der Waals surface area contributed by atoms with Gasteiger partial charge in [-0.2, -0.15) is 0 Å². The fourth-order valence-corrected chi connectivity index (χ4v) is 3.46. The first-order valence-electron chi connectivity index (χ1n) is 6.25. The molecule has 0 fully saturated rings. The van der Waals surface area contributed by atoms with Crippen molar-refractivity contribution in [3.05, 3.63) is 44.8 Å². The fourth-order valence-electron chi connectivity index (χ4n) is 2.46. The maximum Gasteiger partial charge on any atom is 0.345 e. The lowest BCUT2D eigenvalue weighted by Crippen LogP contribution is -1.98. The lowest BCUT2D eigenvalue weighted by Gasteiger charge is -2.17. The number of hydrogen-bond acceptors (Lipinski definition) is 2. The fraction of sp³-hybridized carbons (Fsp3) is 0.312. The molecule has 0 atom stereocenters. The Balaban J connectivity index is 2.71. The molecule has 0 aliphatic heterocycles. The molecule has 0 spiro atoms. The van der Waals surface area contributed by atoms with Crippen LogP contribution in [0.1, 0.15) is 37.5 Å². The number of carboxylic acid groups (broad SMARTS) is 1. The lowest BCUT2D eigenvalue weighted by atomic mass is 9.89. The molecule has 2 rings (SSSR count). The molecule has 0 unspecified atom stereocenters. The number of thiophene rings is 1. The van der Waals surface area contributed by atoms with Crippen LogP contribution in [0.25, 0.3) is 10.4 Å². The molecule has 0 radical (unpaired) electrons. The molecule has 3 heteroatoms. The second-order valence-electron chi connectivity index (χ2n) is 4.97. The zero-order valence-corrected chi connectivity index (χ0v) is 12.7. The van der Waals surface area contributed by atoms with Crippen molar-refractivity contribution in [2.45, 2.75) is 34.6 Å². The van der Waals surface area contributed by atoms with E-state index in [0.29, 0.717) is 4.88 Å². The molecule has 0 aliphatic rings. The minimum atomic E-state index is -0.855. The van der Waals surface area contributed by atoms with Crippen molar-refractivity contribution < 1.29 is 9.90 Å². The molecule has 100 valence electrons. The van der Waals surface area contributed by atoms with E-state index in [1.165, 1.54) is 44.7 Å². The molecule has 1 heterocycles. The summed E-state index contributed by atoms with van der Waals surface area (Å²) in [6, 6.07) is 3.60. The van der Waals surface area contributed by atoms with Crippen molar-refractivity contribution in [2.75, 3.05) is 0 Å². The van der Waals surface area contributed by atoms with Crippen LogP contribution in [0, 0.1) is 34.6 Å². The number of hydrogen-bond donors (Lipinski definition) is 1. The van der Waals surface area contributed by atoms with E-state index in [4.69, 9.17) is 5.11 Å². The molecule has 19 heavy (non-hydrogen) atoms. The summed E-state index contributed by atoms with van der Waals surface area (Å²) in [5.74, 6) is -0.855. The predicted molar refractivity (Wildman–Crippen MR) is 80.4 cm³/mol. The van der Waals surface area contributed by atoms with Crippen molar-refractivity contribution >= 4 is 17.3 Å². The molecule has 0 saturated heterocycles. The van der Waals surface area contributed by atoms with Gasteiger partial charge >= 0.3 is 5.97 Å². The van der Waals surface area contributed by atoms with Gasteiger partial charge in [0.2, 0.25) is 0 Å². The van der Waals surface area contributed by atoms with Crippen molar-refractivity contribution in [3.8, 4) is 10.4 Å². The standard InChI is InChI=1S/C16H18O2S/c1-8-9(2)11(4)15(12(5)10(8)3)13-6-7-14(19-13)16(17)18/h6-7H,1-5H3,(H,17,18). The maximum absolute atomic E-state index is 11.0. The minimum absolute atomic E-state index is 0.393. The van der Waals surface area contributed by atoms with Crippen LogP contribution in [-0.2, 0) is 0 Å². The van der Waals surface area contributed by atoms with Gasteiger partial charge in [0.25, 0.3) is 0 Å². The van der Waals surface area contributed by atoms with Crippen LogP contribution >= 0.6 is 11.3 Å². The third-order valence-electron chi connectivity index (χ3n) is 4.06. The van der Waals surface area contributed by atoms with Gasteiger partial charge in [0.15, 0.2) is 0 Å². The first-order chi connectivity index (χ1) is 8.84. The van der Waals surface area contributed by atoms with E-state index >= 15 is 0 Å². The summed E-state index contributed by atoms with van der Waals surface area (Å²) >= 11 is 1.35. The summed E-state index contributed by atoms with van der Waals surface area (Å²) in [5.41, 5.74) is 7.61. The average molecular weight is 274 g/mol. The van der Waals surface area contributed by atoms with E-state index in [1.54, 1.807) is 6.07 Å². The van der Waals surface area contributed by atoms with Crippen molar-refractivity contribution in [3.63, 3.8) is 0 Å². The molecular formula is C16H18O2S. The second-order valence-corrected chi connectivity index (χ2v) is 6.05. The van der Waals surface area contributed by atoms with Gasteiger partial charge in [-0.05, 0) is 80.1 Å². The third kappa shape index (κ3) is 2.19. The predicted octanol–water partition coefficient (Wildman–Crippen LogP) is 4.66.